The minimum atomic E-state index is -0.635. The van der Waals surface area contributed by atoms with Crippen LogP contribution in [0.25, 0.3) is 6.08 Å². The zero-order chi connectivity index (χ0) is 15.8. The highest BCUT2D eigenvalue weighted by Gasteiger charge is 2.14. The van der Waals surface area contributed by atoms with Gasteiger partial charge < -0.3 is 10.1 Å². The Morgan fingerprint density at radius 3 is 2.90 bits per heavy atom. The molecular formula is C13H12ClN3O4. The van der Waals surface area contributed by atoms with Crippen LogP contribution in [0.2, 0.25) is 5.02 Å². The number of hydrogen-bond donors (Lipinski definition) is 1. The molecule has 0 bridgehead atoms. The molecule has 7 nitrogen and oxygen atoms in total. The van der Waals surface area contributed by atoms with Gasteiger partial charge in [0.05, 0.1) is 11.5 Å². The first-order chi connectivity index (χ1) is 9.99. The molecule has 0 heterocycles. The lowest BCUT2D eigenvalue weighted by Crippen LogP contribution is -2.27. The highest BCUT2D eigenvalue weighted by atomic mass is 35.5. The number of nitro benzene ring substituents is 1. The molecule has 1 aromatic rings. The number of carbonyl (C=O) groups excluding carboxylic acids is 1. The third-order valence-corrected chi connectivity index (χ3v) is 2.75. The number of benzene rings is 1. The van der Waals surface area contributed by atoms with Crippen molar-refractivity contribution in [2.45, 2.75) is 0 Å². The van der Waals surface area contributed by atoms with Crippen molar-refractivity contribution in [1.82, 2.24) is 5.32 Å². The molecular weight excluding hydrogens is 298 g/mol. The van der Waals surface area contributed by atoms with Gasteiger partial charge in [-0.1, -0.05) is 17.7 Å². The normalized spacial score (nSPS) is 10.8. The van der Waals surface area contributed by atoms with Gasteiger partial charge in [-0.3, -0.25) is 14.9 Å². The number of methoxy groups -OCH3 is 1. The molecule has 1 rings (SSSR count). The van der Waals surface area contributed by atoms with E-state index in [0.29, 0.717) is 12.2 Å². The first-order valence-electron chi connectivity index (χ1n) is 5.82. The molecule has 0 radical (unpaired) electrons. The molecule has 0 aliphatic rings. The average Bonchev–Trinajstić information content (AvgIpc) is 2.46. The Kier molecular flexibility index (Phi) is 6.33. The molecule has 0 saturated carbocycles. The van der Waals surface area contributed by atoms with Crippen molar-refractivity contribution in [3.8, 4) is 6.07 Å². The Balaban J connectivity index is 2.98. The number of amides is 1. The Labute approximate surface area is 125 Å². The molecule has 0 aromatic heterocycles. The fourth-order valence-corrected chi connectivity index (χ4v) is 1.62. The third kappa shape index (κ3) is 4.87. The summed E-state index contributed by atoms with van der Waals surface area (Å²) in [7, 11) is 1.49. The first-order valence-corrected chi connectivity index (χ1v) is 6.20. The Morgan fingerprint density at radius 1 is 1.62 bits per heavy atom. The molecule has 8 heteroatoms. The molecule has 0 saturated heterocycles. The number of hydrogen-bond acceptors (Lipinski definition) is 5. The third-order valence-electron chi connectivity index (χ3n) is 2.43. The van der Waals surface area contributed by atoms with E-state index in [0.717, 1.165) is 0 Å². The van der Waals surface area contributed by atoms with Gasteiger partial charge in [-0.2, -0.15) is 5.26 Å². The molecule has 110 valence electrons. The van der Waals surface area contributed by atoms with Crippen LogP contribution in [0, 0.1) is 21.4 Å². The van der Waals surface area contributed by atoms with Crippen LogP contribution >= 0.6 is 11.6 Å². The maximum atomic E-state index is 11.7. The van der Waals surface area contributed by atoms with Crippen molar-refractivity contribution in [3.63, 3.8) is 0 Å². The van der Waals surface area contributed by atoms with Gasteiger partial charge in [0.15, 0.2) is 0 Å². The van der Waals surface area contributed by atoms with Crippen LogP contribution < -0.4 is 5.32 Å². The number of nitrogens with one attached hydrogen (secondary N) is 1. The Bertz CT molecular complexity index is 622. The van der Waals surface area contributed by atoms with Crippen LogP contribution in [-0.4, -0.2) is 31.1 Å². The largest absolute Gasteiger partial charge is 0.383 e. The van der Waals surface area contributed by atoms with Crippen molar-refractivity contribution >= 4 is 29.3 Å². The maximum Gasteiger partial charge on any atom is 0.288 e. The number of nitriles is 1. The molecule has 0 atom stereocenters. The monoisotopic (exact) mass is 309 g/mol. The number of nitro groups is 1. The summed E-state index contributed by atoms with van der Waals surface area (Å²) in [5, 5.41) is 22.2. The van der Waals surface area contributed by atoms with Gasteiger partial charge in [-0.05, 0) is 17.7 Å². The smallest absolute Gasteiger partial charge is 0.288 e. The van der Waals surface area contributed by atoms with E-state index in [1.54, 1.807) is 6.07 Å². The van der Waals surface area contributed by atoms with E-state index >= 15 is 0 Å². The number of nitrogens with zero attached hydrogens (tertiary/aromatic N) is 2. The van der Waals surface area contributed by atoms with Gasteiger partial charge in [-0.25, -0.2) is 0 Å². The second kappa shape index (κ2) is 7.99. The number of halogens is 1. The maximum absolute atomic E-state index is 11.7. The summed E-state index contributed by atoms with van der Waals surface area (Å²) in [6.45, 7) is 0.575. The van der Waals surface area contributed by atoms with Gasteiger partial charge in [-0.15, -0.1) is 0 Å². The van der Waals surface area contributed by atoms with Crippen molar-refractivity contribution in [2.24, 2.45) is 0 Å². The van der Waals surface area contributed by atoms with Crippen molar-refractivity contribution in [3.05, 3.63) is 44.5 Å². The molecule has 0 spiro atoms. The predicted octanol–water partition coefficient (Wildman–Crippen LogP) is 1.92. The zero-order valence-electron chi connectivity index (χ0n) is 11.1. The highest BCUT2D eigenvalue weighted by molar-refractivity contribution is 6.32. The van der Waals surface area contributed by atoms with Crippen LogP contribution in [0.15, 0.2) is 23.8 Å². The second-order valence-corrected chi connectivity index (χ2v) is 4.29. The SMILES string of the molecule is COCCNC(=O)/C(C#N)=C/c1ccc(Cl)c([N+](=O)[O-])c1. The quantitative estimate of drug-likeness (QED) is 0.284. The average molecular weight is 310 g/mol. The molecule has 0 unspecified atom stereocenters. The summed E-state index contributed by atoms with van der Waals surface area (Å²) < 4.78 is 4.77. The Hall–Kier alpha value is -2.43. The van der Waals surface area contributed by atoms with E-state index in [4.69, 9.17) is 21.6 Å². The van der Waals surface area contributed by atoms with E-state index in [9.17, 15) is 14.9 Å². The molecule has 1 amide bonds. The van der Waals surface area contributed by atoms with Crippen molar-refractivity contribution in [1.29, 1.82) is 5.26 Å². The fourth-order valence-electron chi connectivity index (χ4n) is 1.44. The summed E-state index contributed by atoms with van der Waals surface area (Å²) in [4.78, 5) is 21.9. The van der Waals surface area contributed by atoms with E-state index < -0.39 is 10.8 Å². The lowest BCUT2D eigenvalue weighted by atomic mass is 10.1. The topological polar surface area (TPSA) is 105 Å². The number of ether oxygens (including phenoxy) is 1. The number of rotatable bonds is 6. The summed E-state index contributed by atoms with van der Waals surface area (Å²) in [6.07, 6.45) is 1.26. The lowest BCUT2D eigenvalue weighted by molar-refractivity contribution is -0.384. The van der Waals surface area contributed by atoms with Crippen LogP contribution in [0.1, 0.15) is 5.56 Å². The second-order valence-electron chi connectivity index (χ2n) is 3.89. The summed E-state index contributed by atoms with van der Waals surface area (Å²) >= 11 is 5.69. The van der Waals surface area contributed by atoms with Gasteiger partial charge in [0.25, 0.3) is 11.6 Å². The summed E-state index contributed by atoms with van der Waals surface area (Å²) in [6, 6.07) is 5.76. The van der Waals surface area contributed by atoms with Gasteiger partial charge in [0, 0.05) is 19.7 Å². The molecule has 1 aromatic carbocycles. The van der Waals surface area contributed by atoms with Gasteiger partial charge in [0.2, 0.25) is 0 Å². The van der Waals surface area contributed by atoms with Crippen LogP contribution in [0.4, 0.5) is 5.69 Å². The molecule has 0 aliphatic carbocycles. The van der Waals surface area contributed by atoms with E-state index in [2.05, 4.69) is 5.32 Å². The summed E-state index contributed by atoms with van der Waals surface area (Å²) in [5.41, 5.74) is -0.116. The molecule has 21 heavy (non-hydrogen) atoms. The van der Waals surface area contributed by atoms with Gasteiger partial charge >= 0.3 is 0 Å². The minimum Gasteiger partial charge on any atom is -0.383 e. The Morgan fingerprint density at radius 2 is 2.33 bits per heavy atom. The fraction of sp³-hybridized carbons (Fsp3) is 0.231. The molecule has 0 fully saturated rings. The van der Waals surface area contributed by atoms with Gasteiger partial charge in [0.1, 0.15) is 16.7 Å². The van der Waals surface area contributed by atoms with Crippen LogP contribution in [-0.2, 0) is 9.53 Å². The van der Waals surface area contributed by atoms with E-state index in [1.165, 1.54) is 31.4 Å². The minimum absolute atomic E-state index is 0.0137. The van der Waals surface area contributed by atoms with E-state index in [-0.39, 0.29) is 22.8 Å². The predicted molar refractivity (Wildman–Crippen MR) is 76.6 cm³/mol. The lowest BCUT2D eigenvalue weighted by Gasteiger charge is -2.03. The van der Waals surface area contributed by atoms with Crippen molar-refractivity contribution < 1.29 is 14.5 Å². The molecule has 1 N–H and O–H groups in total. The van der Waals surface area contributed by atoms with E-state index in [1.807, 2.05) is 0 Å². The van der Waals surface area contributed by atoms with Crippen LogP contribution in [0.5, 0.6) is 0 Å². The zero-order valence-corrected chi connectivity index (χ0v) is 11.9. The number of carbonyl (C=O) groups is 1. The molecule has 0 aliphatic heterocycles. The first kappa shape index (κ1) is 16.6. The highest BCUT2D eigenvalue weighted by Crippen LogP contribution is 2.26. The van der Waals surface area contributed by atoms with Crippen LogP contribution in [0.3, 0.4) is 0 Å². The summed E-state index contributed by atoms with van der Waals surface area (Å²) in [5.74, 6) is -0.577. The standard InChI is InChI=1S/C13H12ClN3O4/c1-21-5-4-16-13(18)10(8-15)6-9-2-3-11(14)12(7-9)17(19)20/h2-3,6-7H,4-5H2,1H3,(H,16,18)/b10-6+. The van der Waals surface area contributed by atoms with Crippen molar-refractivity contribution in [2.75, 3.05) is 20.3 Å².